The van der Waals surface area contributed by atoms with Crippen LogP contribution in [0.25, 0.3) is 11.2 Å². The smallest absolute Gasteiger partial charge is 0.252 e. The van der Waals surface area contributed by atoms with Gasteiger partial charge in [-0.1, -0.05) is 0 Å². The summed E-state index contributed by atoms with van der Waals surface area (Å²) >= 11 is 5.93. The van der Waals surface area contributed by atoms with Crippen LogP contribution in [-0.4, -0.2) is 56.1 Å². The highest BCUT2D eigenvalue weighted by molar-refractivity contribution is 6.28. The van der Waals surface area contributed by atoms with Gasteiger partial charge in [-0.2, -0.15) is 9.97 Å². The second-order valence-corrected chi connectivity index (χ2v) is 6.95. The zero-order chi connectivity index (χ0) is 18.6. The molecule has 4 atom stereocenters. The number of halogens is 1. The molecule has 140 valence electrons. The van der Waals surface area contributed by atoms with Gasteiger partial charge in [0, 0.05) is 6.54 Å². The van der Waals surface area contributed by atoms with Gasteiger partial charge in [-0.15, -0.1) is 0 Å². The zero-order valence-corrected chi connectivity index (χ0v) is 15.2. The fourth-order valence-electron chi connectivity index (χ4n) is 3.38. The predicted octanol–water partition coefficient (Wildman–Crippen LogP) is 0.615. The van der Waals surface area contributed by atoms with Crippen molar-refractivity contribution in [1.82, 2.24) is 24.8 Å². The largest absolute Gasteiger partial charge is 0.382 e. The predicted molar refractivity (Wildman–Crippen MR) is 91.2 cm³/mol. The van der Waals surface area contributed by atoms with Crippen molar-refractivity contribution in [3.63, 3.8) is 0 Å². The number of amides is 1. The van der Waals surface area contributed by atoms with Crippen molar-refractivity contribution < 1.29 is 19.0 Å². The Labute approximate surface area is 154 Å². The summed E-state index contributed by atoms with van der Waals surface area (Å²) in [6.07, 6.45) is -1.06. The van der Waals surface area contributed by atoms with Crippen LogP contribution in [0.3, 0.4) is 0 Å². The maximum Gasteiger partial charge on any atom is 0.252 e. The molecular formula is C15H19ClN6O4. The first-order valence-electron chi connectivity index (χ1n) is 8.25. The Hall–Kier alpha value is -2.01. The third-order valence-electron chi connectivity index (χ3n) is 4.33. The van der Waals surface area contributed by atoms with Crippen LogP contribution in [-0.2, 0) is 19.0 Å². The van der Waals surface area contributed by atoms with E-state index in [4.69, 9.17) is 31.5 Å². The second-order valence-electron chi connectivity index (χ2n) is 6.61. The fourth-order valence-corrected chi connectivity index (χ4v) is 3.55. The van der Waals surface area contributed by atoms with Crippen molar-refractivity contribution in [3.8, 4) is 0 Å². The van der Waals surface area contributed by atoms with Crippen molar-refractivity contribution in [3.05, 3.63) is 11.6 Å². The van der Waals surface area contributed by atoms with E-state index in [1.165, 1.54) is 6.33 Å². The van der Waals surface area contributed by atoms with Gasteiger partial charge in [0.05, 0.1) is 6.33 Å². The average molecular weight is 383 g/mol. The molecule has 4 rings (SSSR count). The molecule has 3 N–H and O–H groups in total. The number of nitrogens with one attached hydrogen (secondary N) is 1. The van der Waals surface area contributed by atoms with Gasteiger partial charge in [-0.3, -0.25) is 9.36 Å². The van der Waals surface area contributed by atoms with Crippen LogP contribution in [0.1, 0.15) is 27.0 Å². The summed E-state index contributed by atoms with van der Waals surface area (Å²) in [6.45, 7) is 5.90. The first-order chi connectivity index (χ1) is 12.3. The number of likely N-dealkylation sites (N-methyl/N-ethyl adjacent to an activating group) is 1. The van der Waals surface area contributed by atoms with E-state index in [1.54, 1.807) is 18.4 Å². The highest BCUT2D eigenvalue weighted by Crippen LogP contribution is 2.43. The molecule has 2 aromatic rings. The third kappa shape index (κ3) is 2.69. The number of rotatable bonds is 3. The number of fused-ring (bicyclic) bond motifs is 2. The van der Waals surface area contributed by atoms with Crippen LogP contribution < -0.4 is 11.1 Å². The monoisotopic (exact) mass is 382 g/mol. The van der Waals surface area contributed by atoms with Crippen molar-refractivity contribution in [2.75, 3.05) is 12.3 Å². The molecule has 4 heterocycles. The minimum Gasteiger partial charge on any atom is -0.382 e. The first kappa shape index (κ1) is 17.4. The number of carbonyl (C=O) groups is 1. The molecule has 2 saturated heterocycles. The van der Waals surface area contributed by atoms with E-state index in [2.05, 4.69) is 20.3 Å². The molecule has 0 saturated carbocycles. The van der Waals surface area contributed by atoms with Crippen LogP contribution in [0, 0.1) is 0 Å². The summed E-state index contributed by atoms with van der Waals surface area (Å²) in [5.74, 6) is -0.940. The lowest BCUT2D eigenvalue weighted by atomic mass is 10.1. The normalized spacial score (nSPS) is 29.8. The molecule has 2 aliphatic rings. The van der Waals surface area contributed by atoms with Crippen molar-refractivity contribution in [2.45, 2.75) is 51.1 Å². The highest BCUT2D eigenvalue weighted by atomic mass is 35.5. The van der Waals surface area contributed by atoms with Gasteiger partial charge in [0.1, 0.15) is 17.7 Å². The number of nitrogen functional groups attached to an aromatic ring is 1. The Morgan fingerprint density at radius 2 is 2.12 bits per heavy atom. The van der Waals surface area contributed by atoms with Gasteiger partial charge < -0.3 is 25.3 Å². The van der Waals surface area contributed by atoms with Crippen LogP contribution in [0.15, 0.2) is 6.33 Å². The summed E-state index contributed by atoms with van der Waals surface area (Å²) in [7, 11) is 0. The van der Waals surface area contributed by atoms with E-state index >= 15 is 0 Å². The van der Waals surface area contributed by atoms with Crippen LogP contribution >= 0.6 is 11.6 Å². The van der Waals surface area contributed by atoms with Gasteiger partial charge in [0.2, 0.25) is 5.28 Å². The number of anilines is 1. The summed E-state index contributed by atoms with van der Waals surface area (Å²) < 4.78 is 19.5. The Morgan fingerprint density at radius 1 is 1.38 bits per heavy atom. The number of aromatic nitrogens is 4. The third-order valence-corrected chi connectivity index (χ3v) is 4.50. The van der Waals surface area contributed by atoms with Gasteiger partial charge >= 0.3 is 0 Å². The van der Waals surface area contributed by atoms with E-state index in [0.717, 1.165) is 0 Å². The molecule has 2 aliphatic heterocycles. The average Bonchev–Trinajstić information content (AvgIpc) is 3.18. The molecule has 26 heavy (non-hydrogen) atoms. The van der Waals surface area contributed by atoms with Gasteiger partial charge in [0.15, 0.2) is 29.6 Å². The Bertz CT molecular complexity index is 871. The number of nitrogens with two attached hydrogens (primary N) is 1. The molecule has 0 aliphatic carbocycles. The summed E-state index contributed by atoms with van der Waals surface area (Å²) in [5.41, 5.74) is 6.66. The Balaban J connectivity index is 1.76. The van der Waals surface area contributed by atoms with Crippen molar-refractivity contribution >= 4 is 34.5 Å². The van der Waals surface area contributed by atoms with E-state index < -0.39 is 30.3 Å². The molecule has 0 aromatic carbocycles. The van der Waals surface area contributed by atoms with E-state index in [-0.39, 0.29) is 17.0 Å². The minimum absolute atomic E-state index is 0.00417. The zero-order valence-electron chi connectivity index (χ0n) is 14.5. The maximum atomic E-state index is 12.4. The number of carbonyl (C=O) groups excluding carboxylic acids is 1. The van der Waals surface area contributed by atoms with Crippen molar-refractivity contribution in [1.29, 1.82) is 0 Å². The summed E-state index contributed by atoms with van der Waals surface area (Å²) in [6, 6.07) is 0. The molecule has 10 nitrogen and oxygen atoms in total. The molecular weight excluding hydrogens is 364 g/mol. The fraction of sp³-hybridized carbons (Fsp3) is 0.600. The number of hydrogen-bond donors (Lipinski definition) is 2. The lowest BCUT2D eigenvalue weighted by molar-refractivity contribution is -0.197. The number of nitrogens with zero attached hydrogens (tertiary/aromatic N) is 4. The summed E-state index contributed by atoms with van der Waals surface area (Å²) in [5, 5.41) is 2.75. The Kier molecular flexibility index (Phi) is 4.03. The molecule has 2 aromatic heterocycles. The topological polar surface area (TPSA) is 126 Å². The molecule has 2 fully saturated rings. The van der Waals surface area contributed by atoms with E-state index in [1.807, 2.05) is 6.92 Å². The summed E-state index contributed by atoms with van der Waals surface area (Å²) in [4.78, 5) is 24.8. The van der Waals surface area contributed by atoms with E-state index in [9.17, 15) is 4.79 Å². The number of imidazole rings is 1. The van der Waals surface area contributed by atoms with Crippen LogP contribution in [0.5, 0.6) is 0 Å². The highest BCUT2D eigenvalue weighted by Gasteiger charge is 2.58. The molecule has 1 amide bonds. The van der Waals surface area contributed by atoms with Crippen LogP contribution in [0.4, 0.5) is 5.82 Å². The molecule has 0 radical (unpaired) electrons. The van der Waals surface area contributed by atoms with Gasteiger partial charge in [-0.25, -0.2) is 4.98 Å². The standard InChI is InChI=1S/C15H19ClN6O4/c1-4-18-12(23)8-7-9(26-15(2,3)25-7)13(24-8)22-5-19-6-10(17)20-14(16)21-11(6)22/h5,7-9,13H,4H2,1-3H3,(H,18,23)(H2,17,20,21)/t7?,8-,9-,13+/m1/s1. The molecule has 11 heteroatoms. The second kappa shape index (κ2) is 6.02. The lowest BCUT2D eigenvalue weighted by Gasteiger charge is -2.24. The number of ether oxygens (including phenoxy) is 3. The quantitative estimate of drug-likeness (QED) is 0.739. The molecule has 0 spiro atoms. The molecule has 1 unspecified atom stereocenters. The maximum absolute atomic E-state index is 12.4. The SMILES string of the molecule is CCNC(=O)[C@@H]1O[C@H](n2cnc3c(N)nc(Cl)nc32)[C@@H]2OC(C)(C)OC21. The van der Waals surface area contributed by atoms with Gasteiger partial charge in [0.25, 0.3) is 5.91 Å². The van der Waals surface area contributed by atoms with Gasteiger partial charge in [-0.05, 0) is 32.4 Å². The van der Waals surface area contributed by atoms with E-state index in [0.29, 0.717) is 17.7 Å². The molecule has 0 bridgehead atoms. The lowest BCUT2D eigenvalue weighted by Crippen LogP contribution is -2.42. The van der Waals surface area contributed by atoms with Crippen LogP contribution in [0.2, 0.25) is 5.28 Å². The first-order valence-corrected chi connectivity index (χ1v) is 8.63. The minimum atomic E-state index is -0.843. The Morgan fingerprint density at radius 3 is 2.85 bits per heavy atom. The number of hydrogen-bond acceptors (Lipinski definition) is 8. The van der Waals surface area contributed by atoms with Crippen molar-refractivity contribution in [2.24, 2.45) is 0 Å².